The molecule has 0 aromatic carbocycles. The molecule has 0 saturated heterocycles. The maximum Gasteiger partial charge on any atom is 0.330 e. The molecule has 3 fully saturated rings. The van der Waals surface area contributed by atoms with Gasteiger partial charge in [-0.25, -0.2) is 4.79 Å². The molecule has 0 unspecified atom stereocenters. The molecule has 31 heavy (non-hydrogen) atoms. The zero-order valence-electron chi connectivity index (χ0n) is 20.0. The number of carbonyl (C=O) groups is 3. The number of Topliss-reactive ketones (excluding diaryl/α,β-unsaturated/α-hetero) is 1. The van der Waals surface area contributed by atoms with E-state index in [4.69, 9.17) is 9.47 Å². The van der Waals surface area contributed by atoms with Gasteiger partial charge in [0, 0.05) is 25.0 Å². The maximum atomic E-state index is 13.4. The van der Waals surface area contributed by atoms with Gasteiger partial charge in [-0.2, -0.15) is 0 Å². The number of ether oxygens (including phenoxy) is 2. The summed E-state index contributed by atoms with van der Waals surface area (Å²) in [7, 11) is 5.33. The Morgan fingerprint density at radius 3 is 2.58 bits per heavy atom. The van der Waals surface area contributed by atoms with E-state index in [9.17, 15) is 14.4 Å². The molecule has 6 atom stereocenters. The number of nitrogens with zero attached hydrogens (tertiary/aromatic N) is 1. The normalized spacial score (nSPS) is 39.1. The lowest BCUT2D eigenvalue weighted by Gasteiger charge is -2.60. The number of carbonyl (C=O) groups excluding carboxylic acids is 3. The third-order valence-electron chi connectivity index (χ3n) is 8.64. The van der Waals surface area contributed by atoms with Crippen molar-refractivity contribution in [3.63, 3.8) is 0 Å². The average Bonchev–Trinajstić information content (AvgIpc) is 2.70. The largest absolute Gasteiger partial charge is 0.469 e. The van der Waals surface area contributed by atoms with Gasteiger partial charge in [-0.15, -0.1) is 0 Å². The van der Waals surface area contributed by atoms with Crippen LogP contribution in [0.1, 0.15) is 59.3 Å². The minimum Gasteiger partial charge on any atom is -0.469 e. The first kappa shape index (κ1) is 24.0. The Kier molecular flexibility index (Phi) is 6.99. The van der Waals surface area contributed by atoms with Crippen molar-refractivity contribution in [2.75, 3.05) is 34.4 Å². The Hall–Kier alpha value is -1.69. The zero-order valence-corrected chi connectivity index (χ0v) is 20.0. The van der Waals surface area contributed by atoms with Crippen LogP contribution in [0.15, 0.2) is 11.6 Å². The van der Waals surface area contributed by atoms with Gasteiger partial charge in [0.2, 0.25) is 0 Å². The lowest BCUT2D eigenvalue weighted by Crippen LogP contribution is -2.59. The van der Waals surface area contributed by atoms with Crippen molar-refractivity contribution in [2.24, 2.45) is 34.5 Å². The van der Waals surface area contributed by atoms with Crippen molar-refractivity contribution in [1.29, 1.82) is 0 Å². The van der Waals surface area contributed by atoms with Gasteiger partial charge in [-0.1, -0.05) is 25.8 Å². The van der Waals surface area contributed by atoms with Crippen molar-refractivity contribution in [2.45, 2.75) is 59.3 Å². The molecule has 6 nitrogen and oxygen atoms in total. The summed E-state index contributed by atoms with van der Waals surface area (Å²) in [5.74, 6) is -0.0650. The molecule has 0 spiro atoms. The first-order valence-corrected chi connectivity index (χ1v) is 11.7. The molecule has 0 bridgehead atoms. The van der Waals surface area contributed by atoms with Crippen molar-refractivity contribution >= 4 is 17.7 Å². The van der Waals surface area contributed by atoms with E-state index in [1.165, 1.54) is 7.11 Å². The topological polar surface area (TPSA) is 72.9 Å². The fraction of sp³-hybridized carbons (Fsp3) is 0.800. The van der Waals surface area contributed by atoms with Crippen LogP contribution in [0.3, 0.4) is 0 Å². The SMILES string of the molecule is COC(=O)[C@@]1(C)CCC[C@@]2(C)[C@H]1CC(=O)[C@H]1[C@@H](C)/C(=C\C(=O)OCCN(C)C)CC[C@@H]12. The molecule has 6 heteroatoms. The van der Waals surface area contributed by atoms with Crippen LogP contribution in [0.25, 0.3) is 0 Å². The molecule has 0 radical (unpaired) electrons. The predicted molar refractivity (Wildman–Crippen MR) is 118 cm³/mol. The number of allylic oxidation sites excluding steroid dienone is 1. The van der Waals surface area contributed by atoms with Gasteiger partial charge in [0.05, 0.1) is 12.5 Å². The zero-order chi connectivity index (χ0) is 23.0. The fourth-order valence-electron chi connectivity index (χ4n) is 6.91. The number of hydrogen-bond acceptors (Lipinski definition) is 6. The van der Waals surface area contributed by atoms with Gasteiger partial charge in [-0.3, -0.25) is 9.59 Å². The summed E-state index contributed by atoms with van der Waals surface area (Å²) in [5.41, 5.74) is 0.363. The molecule has 3 rings (SSSR count). The van der Waals surface area contributed by atoms with Crippen LogP contribution >= 0.6 is 0 Å². The second-order valence-corrected chi connectivity index (χ2v) is 10.6. The van der Waals surface area contributed by atoms with Gasteiger partial charge in [0.25, 0.3) is 0 Å². The van der Waals surface area contributed by atoms with Crippen molar-refractivity contribution in [3.8, 4) is 0 Å². The second-order valence-electron chi connectivity index (χ2n) is 10.6. The van der Waals surface area contributed by atoms with Crippen molar-refractivity contribution in [3.05, 3.63) is 11.6 Å². The van der Waals surface area contributed by atoms with Crippen LogP contribution in [0.2, 0.25) is 0 Å². The number of ketones is 1. The Morgan fingerprint density at radius 1 is 1.23 bits per heavy atom. The summed E-state index contributed by atoms with van der Waals surface area (Å²) < 4.78 is 10.5. The summed E-state index contributed by atoms with van der Waals surface area (Å²) in [6.45, 7) is 7.42. The van der Waals surface area contributed by atoms with E-state index in [-0.39, 0.29) is 46.8 Å². The van der Waals surface area contributed by atoms with Crippen LogP contribution in [0.4, 0.5) is 0 Å². The summed E-state index contributed by atoms with van der Waals surface area (Å²) in [6.07, 6.45) is 6.52. The Balaban J connectivity index is 1.81. The van der Waals surface area contributed by atoms with Gasteiger partial charge in [-0.05, 0) is 69.9 Å². The molecule has 3 aliphatic rings. The average molecular weight is 434 g/mol. The van der Waals surface area contributed by atoms with Crippen molar-refractivity contribution < 1.29 is 23.9 Å². The monoisotopic (exact) mass is 433 g/mol. The first-order chi connectivity index (χ1) is 14.5. The minimum atomic E-state index is -0.599. The molecule has 0 aromatic rings. The number of hydrogen-bond donors (Lipinski definition) is 0. The van der Waals surface area contributed by atoms with E-state index in [0.29, 0.717) is 19.6 Å². The van der Waals surface area contributed by atoms with Gasteiger partial charge in [0.1, 0.15) is 12.4 Å². The van der Waals surface area contributed by atoms with Gasteiger partial charge >= 0.3 is 11.9 Å². The lowest BCUT2D eigenvalue weighted by atomic mass is 9.43. The van der Waals surface area contributed by atoms with Gasteiger partial charge in [0.15, 0.2) is 0 Å². The molecule has 0 amide bonds. The predicted octanol–water partition coefficient (Wildman–Crippen LogP) is 3.64. The highest BCUT2D eigenvalue weighted by atomic mass is 16.5. The van der Waals surface area contributed by atoms with Crippen LogP contribution in [0.5, 0.6) is 0 Å². The van der Waals surface area contributed by atoms with E-state index in [0.717, 1.165) is 37.7 Å². The number of esters is 2. The Bertz CT molecular complexity index is 759. The van der Waals surface area contributed by atoms with Crippen LogP contribution in [0, 0.1) is 34.5 Å². The molecule has 174 valence electrons. The Morgan fingerprint density at radius 2 is 1.94 bits per heavy atom. The van der Waals surface area contributed by atoms with E-state index >= 15 is 0 Å². The van der Waals surface area contributed by atoms with E-state index < -0.39 is 5.41 Å². The maximum absolute atomic E-state index is 13.4. The van der Waals surface area contributed by atoms with Crippen LogP contribution < -0.4 is 0 Å². The number of likely N-dealkylation sites (N-methyl/N-ethyl adjacent to an activating group) is 1. The molecule has 0 aliphatic heterocycles. The molecule has 0 aromatic heterocycles. The Labute approximate surface area is 186 Å². The highest BCUT2D eigenvalue weighted by Gasteiger charge is 2.62. The first-order valence-electron chi connectivity index (χ1n) is 11.7. The summed E-state index contributed by atoms with van der Waals surface area (Å²) in [4.78, 5) is 40.4. The van der Waals surface area contributed by atoms with Crippen LogP contribution in [-0.2, 0) is 23.9 Å². The summed E-state index contributed by atoms with van der Waals surface area (Å²) in [5, 5.41) is 0. The fourth-order valence-corrected chi connectivity index (χ4v) is 6.91. The number of fused-ring (bicyclic) bond motifs is 3. The van der Waals surface area contributed by atoms with Gasteiger partial charge < -0.3 is 14.4 Å². The van der Waals surface area contributed by atoms with E-state index in [1.807, 2.05) is 25.9 Å². The molecule has 3 saturated carbocycles. The third kappa shape index (κ3) is 4.33. The summed E-state index contributed by atoms with van der Waals surface area (Å²) >= 11 is 0. The van der Waals surface area contributed by atoms with E-state index in [1.54, 1.807) is 6.08 Å². The quantitative estimate of drug-likeness (QED) is 0.487. The minimum absolute atomic E-state index is 0.0173. The standard InChI is InChI=1S/C25H39NO5/c1-16-17(14-21(28)31-13-12-26(4)5)8-9-18-22(16)19(27)15-20-24(18,2)10-7-11-25(20,3)23(29)30-6/h14,16,18,20,22H,7-13,15H2,1-6H3/b17-14-/t16-,18-,20+,22-,24+,25-/m0/s1. The molecular weight excluding hydrogens is 394 g/mol. The third-order valence-corrected chi connectivity index (χ3v) is 8.64. The molecular formula is C25H39NO5. The van der Waals surface area contributed by atoms with Crippen molar-refractivity contribution in [1.82, 2.24) is 4.90 Å². The smallest absolute Gasteiger partial charge is 0.330 e. The van der Waals surface area contributed by atoms with E-state index in [2.05, 4.69) is 13.8 Å². The molecule has 0 N–H and O–H groups in total. The molecule has 0 heterocycles. The number of methoxy groups -OCH3 is 1. The second kappa shape index (κ2) is 9.05. The number of rotatable bonds is 5. The summed E-state index contributed by atoms with van der Waals surface area (Å²) in [6, 6.07) is 0. The molecule has 3 aliphatic carbocycles. The lowest BCUT2D eigenvalue weighted by molar-refractivity contribution is -0.178. The highest BCUT2D eigenvalue weighted by molar-refractivity contribution is 5.87. The highest BCUT2D eigenvalue weighted by Crippen LogP contribution is 2.64. The van der Waals surface area contributed by atoms with Crippen LogP contribution in [-0.4, -0.2) is 57.0 Å².